The first-order chi connectivity index (χ1) is 8.69. The number of aromatic nitrogens is 2. The van der Waals surface area contributed by atoms with Gasteiger partial charge in [0.1, 0.15) is 11.6 Å². The van der Waals surface area contributed by atoms with Gasteiger partial charge in [-0.25, -0.2) is 9.97 Å². The first kappa shape index (κ1) is 13.8. The molecule has 0 unspecified atom stereocenters. The van der Waals surface area contributed by atoms with Crippen molar-refractivity contribution in [2.45, 2.75) is 10.6 Å². The summed E-state index contributed by atoms with van der Waals surface area (Å²) >= 11 is 8.53. The third-order valence-corrected chi connectivity index (χ3v) is 4.33. The molecule has 18 heavy (non-hydrogen) atoms. The lowest BCUT2D eigenvalue weighted by Gasteiger charge is -2.05. The topological polar surface area (TPSA) is 37.8 Å². The summed E-state index contributed by atoms with van der Waals surface area (Å²) in [7, 11) is 1.85. The molecule has 94 valence electrons. The van der Waals surface area contributed by atoms with E-state index < -0.39 is 0 Å². The molecule has 0 atom stereocenters. The molecular weight excluding hydrogens is 378 g/mol. The molecule has 0 aliphatic heterocycles. The van der Waals surface area contributed by atoms with E-state index in [9.17, 15) is 0 Å². The maximum Gasteiger partial charge on any atom is 0.143 e. The Balaban J connectivity index is 2.04. The van der Waals surface area contributed by atoms with Crippen LogP contribution in [-0.2, 0) is 5.75 Å². The zero-order chi connectivity index (χ0) is 13.0. The molecule has 0 bridgehead atoms. The lowest BCUT2D eigenvalue weighted by molar-refractivity contribution is 1.02. The summed E-state index contributed by atoms with van der Waals surface area (Å²) < 4.78 is 1.96. The number of thioether (sulfide) groups is 1. The maximum absolute atomic E-state index is 4.42. The summed E-state index contributed by atoms with van der Waals surface area (Å²) in [5.74, 6) is 2.38. The lowest BCUT2D eigenvalue weighted by Crippen LogP contribution is -1.99. The molecular formula is C12H11Br2N3S. The second-order valence-corrected chi connectivity index (χ2v) is 6.29. The van der Waals surface area contributed by atoms with Crippen molar-refractivity contribution in [1.82, 2.24) is 9.97 Å². The second kappa shape index (κ2) is 6.54. The standard InChI is InChI=1S/C12H11Br2N3S/c1-15-12-10(14)6-16-11(17-12)7-18-9-4-2-8(13)3-5-9/h2-6H,7H2,1H3,(H,15,16,17). The van der Waals surface area contributed by atoms with Crippen molar-refractivity contribution in [3.8, 4) is 0 Å². The fourth-order valence-electron chi connectivity index (χ4n) is 1.33. The van der Waals surface area contributed by atoms with Gasteiger partial charge < -0.3 is 5.32 Å². The molecule has 1 N–H and O–H groups in total. The monoisotopic (exact) mass is 387 g/mol. The minimum absolute atomic E-state index is 0.754. The minimum Gasteiger partial charge on any atom is -0.372 e. The average molecular weight is 389 g/mol. The van der Waals surface area contributed by atoms with Crippen LogP contribution in [0.1, 0.15) is 5.82 Å². The molecule has 0 saturated heterocycles. The van der Waals surface area contributed by atoms with E-state index in [-0.39, 0.29) is 0 Å². The molecule has 6 heteroatoms. The summed E-state index contributed by atoms with van der Waals surface area (Å²) in [5.41, 5.74) is 0. The quantitative estimate of drug-likeness (QED) is 0.790. The number of nitrogens with one attached hydrogen (secondary N) is 1. The van der Waals surface area contributed by atoms with E-state index in [0.717, 1.165) is 26.3 Å². The largest absolute Gasteiger partial charge is 0.372 e. The number of anilines is 1. The zero-order valence-electron chi connectivity index (χ0n) is 9.65. The average Bonchev–Trinajstić information content (AvgIpc) is 2.39. The van der Waals surface area contributed by atoms with E-state index in [1.165, 1.54) is 4.90 Å². The Labute approximate surface area is 127 Å². The molecule has 2 aromatic rings. The highest BCUT2D eigenvalue weighted by Crippen LogP contribution is 2.25. The summed E-state index contributed by atoms with van der Waals surface area (Å²) in [6.07, 6.45) is 1.77. The highest BCUT2D eigenvalue weighted by molar-refractivity contribution is 9.10. The maximum atomic E-state index is 4.42. The minimum atomic E-state index is 0.754. The molecule has 0 radical (unpaired) electrons. The van der Waals surface area contributed by atoms with Crippen LogP contribution >= 0.6 is 43.6 Å². The van der Waals surface area contributed by atoms with Crippen LogP contribution in [0.5, 0.6) is 0 Å². The highest BCUT2D eigenvalue weighted by atomic mass is 79.9. The Morgan fingerprint density at radius 1 is 1.22 bits per heavy atom. The van der Waals surface area contributed by atoms with Gasteiger partial charge in [-0.3, -0.25) is 0 Å². The smallest absolute Gasteiger partial charge is 0.143 e. The van der Waals surface area contributed by atoms with Gasteiger partial charge in [-0.05, 0) is 40.2 Å². The molecule has 1 heterocycles. The summed E-state index contributed by atoms with van der Waals surface area (Å²) in [6, 6.07) is 8.22. The lowest BCUT2D eigenvalue weighted by atomic mass is 10.4. The van der Waals surface area contributed by atoms with Crippen LogP contribution in [0.4, 0.5) is 5.82 Å². The van der Waals surface area contributed by atoms with E-state index in [4.69, 9.17) is 0 Å². The Morgan fingerprint density at radius 3 is 2.61 bits per heavy atom. The van der Waals surface area contributed by atoms with Crippen molar-refractivity contribution < 1.29 is 0 Å². The van der Waals surface area contributed by atoms with Gasteiger partial charge in [-0.2, -0.15) is 0 Å². The van der Waals surface area contributed by atoms with E-state index in [2.05, 4.69) is 59.3 Å². The molecule has 1 aromatic carbocycles. The first-order valence-corrected chi connectivity index (χ1v) is 7.83. The van der Waals surface area contributed by atoms with Crippen LogP contribution in [0.25, 0.3) is 0 Å². The fourth-order valence-corrected chi connectivity index (χ4v) is 2.74. The number of nitrogens with zero attached hydrogens (tertiary/aromatic N) is 2. The number of hydrogen-bond acceptors (Lipinski definition) is 4. The molecule has 2 rings (SSSR count). The third-order valence-electron chi connectivity index (χ3n) is 2.21. The Bertz CT molecular complexity index is 531. The predicted molar refractivity (Wildman–Crippen MR) is 83.0 cm³/mol. The van der Waals surface area contributed by atoms with Gasteiger partial charge in [0, 0.05) is 22.6 Å². The zero-order valence-corrected chi connectivity index (χ0v) is 13.6. The normalized spacial score (nSPS) is 10.4. The van der Waals surface area contributed by atoms with E-state index in [1.54, 1.807) is 18.0 Å². The molecule has 0 fully saturated rings. The van der Waals surface area contributed by atoms with Crippen LogP contribution in [0, 0.1) is 0 Å². The van der Waals surface area contributed by atoms with Gasteiger partial charge in [-0.1, -0.05) is 15.9 Å². The third kappa shape index (κ3) is 3.70. The van der Waals surface area contributed by atoms with Crippen LogP contribution in [0.2, 0.25) is 0 Å². The van der Waals surface area contributed by atoms with Crippen molar-refractivity contribution in [3.63, 3.8) is 0 Å². The number of benzene rings is 1. The van der Waals surface area contributed by atoms with E-state index in [0.29, 0.717) is 0 Å². The summed E-state index contributed by atoms with van der Waals surface area (Å²) in [5, 5.41) is 3.03. The van der Waals surface area contributed by atoms with Crippen molar-refractivity contribution in [1.29, 1.82) is 0 Å². The highest BCUT2D eigenvalue weighted by Gasteiger charge is 2.04. The van der Waals surface area contributed by atoms with Crippen molar-refractivity contribution in [3.05, 3.63) is 45.2 Å². The molecule has 0 spiro atoms. The van der Waals surface area contributed by atoms with E-state index in [1.807, 2.05) is 19.2 Å². The van der Waals surface area contributed by atoms with Crippen molar-refractivity contribution >= 4 is 49.4 Å². The number of rotatable bonds is 4. The van der Waals surface area contributed by atoms with Gasteiger partial charge >= 0.3 is 0 Å². The Hall–Kier alpha value is -0.590. The van der Waals surface area contributed by atoms with E-state index >= 15 is 0 Å². The number of halogens is 2. The fraction of sp³-hybridized carbons (Fsp3) is 0.167. The van der Waals surface area contributed by atoms with Crippen molar-refractivity contribution in [2.24, 2.45) is 0 Å². The van der Waals surface area contributed by atoms with Gasteiger partial charge in [0.2, 0.25) is 0 Å². The molecule has 0 aliphatic rings. The van der Waals surface area contributed by atoms with Crippen molar-refractivity contribution in [2.75, 3.05) is 12.4 Å². The van der Waals surface area contributed by atoms with Crippen LogP contribution in [-0.4, -0.2) is 17.0 Å². The second-order valence-electron chi connectivity index (χ2n) is 3.48. The van der Waals surface area contributed by atoms with Crippen LogP contribution < -0.4 is 5.32 Å². The number of hydrogen-bond donors (Lipinski definition) is 1. The summed E-state index contributed by atoms with van der Waals surface area (Å²) in [4.78, 5) is 9.92. The predicted octanol–water partition coefficient (Wildman–Crippen LogP) is 4.34. The van der Waals surface area contributed by atoms with Gasteiger partial charge in [0.05, 0.1) is 10.2 Å². The Kier molecular flexibility index (Phi) is 5.03. The Morgan fingerprint density at radius 2 is 1.94 bits per heavy atom. The molecule has 0 aliphatic carbocycles. The van der Waals surface area contributed by atoms with Crippen LogP contribution in [0.15, 0.2) is 44.3 Å². The van der Waals surface area contributed by atoms with Gasteiger partial charge in [0.25, 0.3) is 0 Å². The molecule has 3 nitrogen and oxygen atoms in total. The van der Waals surface area contributed by atoms with Gasteiger partial charge in [-0.15, -0.1) is 11.8 Å². The molecule has 0 saturated carbocycles. The summed E-state index contributed by atoms with van der Waals surface area (Å²) in [6.45, 7) is 0. The SMILES string of the molecule is CNc1nc(CSc2ccc(Br)cc2)ncc1Br. The van der Waals surface area contributed by atoms with Crippen LogP contribution in [0.3, 0.4) is 0 Å². The molecule has 1 aromatic heterocycles. The first-order valence-electron chi connectivity index (χ1n) is 5.26. The van der Waals surface area contributed by atoms with Gasteiger partial charge in [0.15, 0.2) is 0 Å². The molecule has 0 amide bonds.